The van der Waals surface area contributed by atoms with Crippen molar-refractivity contribution in [3.63, 3.8) is 0 Å². The Kier molecular flexibility index (Phi) is 11.5. The topological polar surface area (TPSA) is 82.1 Å². The second kappa shape index (κ2) is 14.6. The van der Waals surface area contributed by atoms with Gasteiger partial charge in [0.25, 0.3) is 0 Å². The van der Waals surface area contributed by atoms with Crippen LogP contribution in [0, 0.1) is 11.8 Å². The van der Waals surface area contributed by atoms with Gasteiger partial charge < -0.3 is 25.0 Å². The van der Waals surface area contributed by atoms with Crippen molar-refractivity contribution in [1.29, 1.82) is 0 Å². The molecule has 208 valence electrons. The number of likely N-dealkylation sites (N-methyl/N-ethyl adjacent to an activating group) is 1. The molecule has 0 radical (unpaired) electrons. The Morgan fingerprint density at radius 3 is 2.57 bits per heavy atom. The van der Waals surface area contributed by atoms with Gasteiger partial charge in [-0.1, -0.05) is 62.4 Å². The summed E-state index contributed by atoms with van der Waals surface area (Å²) in [6.07, 6.45) is 9.04. The molecular formula is C29H46FN3O4. The van der Waals surface area contributed by atoms with Gasteiger partial charge in [-0.3, -0.25) is 0 Å². The predicted octanol–water partition coefficient (Wildman–Crippen LogP) is 6.04. The summed E-state index contributed by atoms with van der Waals surface area (Å²) in [4.78, 5) is 27.9. The fourth-order valence-corrected chi connectivity index (χ4v) is 6.14. The number of halogens is 1. The fraction of sp³-hybridized carbons (Fsp3) is 0.724. The number of methoxy groups -OCH3 is 1. The minimum Gasteiger partial charge on any atom is -0.465 e. The quantitative estimate of drug-likeness (QED) is 0.330. The molecule has 1 aromatic rings. The SMILES string of the molecule is COCCCCC(F)(c1ccccc1)[C@@H]1CCCN(C(=O)N[C@@H](CC2CCCCC2)CN(C)C(=O)O)C1. The normalized spacial score (nSPS) is 21.2. The highest BCUT2D eigenvalue weighted by molar-refractivity contribution is 5.75. The minimum atomic E-state index is -1.51. The van der Waals surface area contributed by atoms with Crippen LogP contribution in [0.25, 0.3) is 0 Å². The lowest BCUT2D eigenvalue weighted by Gasteiger charge is -2.41. The molecule has 0 spiro atoms. The van der Waals surface area contributed by atoms with E-state index in [1.54, 1.807) is 19.1 Å². The van der Waals surface area contributed by atoms with Crippen LogP contribution in [0.15, 0.2) is 30.3 Å². The number of nitrogens with one attached hydrogen (secondary N) is 1. The fourth-order valence-electron chi connectivity index (χ4n) is 6.14. The first-order valence-electron chi connectivity index (χ1n) is 14.1. The molecule has 7 nitrogen and oxygen atoms in total. The van der Waals surface area contributed by atoms with E-state index in [0.29, 0.717) is 44.0 Å². The molecule has 37 heavy (non-hydrogen) atoms. The van der Waals surface area contributed by atoms with E-state index in [4.69, 9.17) is 4.74 Å². The maximum Gasteiger partial charge on any atom is 0.407 e. The first kappa shape index (κ1) is 29.2. The average molecular weight is 520 g/mol. The summed E-state index contributed by atoms with van der Waals surface area (Å²) in [5.74, 6) is 0.203. The van der Waals surface area contributed by atoms with Crippen LogP contribution in [-0.2, 0) is 10.4 Å². The van der Waals surface area contributed by atoms with E-state index in [2.05, 4.69) is 5.32 Å². The second-order valence-electron chi connectivity index (χ2n) is 11.0. The molecule has 2 aliphatic rings. The van der Waals surface area contributed by atoms with E-state index in [1.165, 1.54) is 24.2 Å². The van der Waals surface area contributed by atoms with Crippen LogP contribution < -0.4 is 5.32 Å². The maximum atomic E-state index is 16.8. The number of benzene rings is 1. The zero-order chi connectivity index (χ0) is 26.7. The summed E-state index contributed by atoms with van der Waals surface area (Å²) in [5.41, 5.74) is -0.836. The van der Waals surface area contributed by atoms with Crippen LogP contribution in [0.1, 0.15) is 76.2 Å². The van der Waals surface area contributed by atoms with Crippen LogP contribution in [0.2, 0.25) is 0 Å². The van der Waals surface area contributed by atoms with E-state index < -0.39 is 11.8 Å². The van der Waals surface area contributed by atoms with Crippen molar-refractivity contribution in [3.8, 4) is 0 Å². The highest BCUT2D eigenvalue weighted by Gasteiger charge is 2.43. The Labute approximate surface area is 221 Å². The number of rotatable bonds is 12. The number of hydrogen-bond donors (Lipinski definition) is 2. The third-order valence-electron chi connectivity index (χ3n) is 8.24. The van der Waals surface area contributed by atoms with Crippen molar-refractivity contribution in [3.05, 3.63) is 35.9 Å². The van der Waals surface area contributed by atoms with Gasteiger partial charge in [0.05, 0.1) is 0 Å². The number of carboxylic acid groups (broad SMARTS) is 1. The predicted molar refractivity (Wildman–Crippen MR) is 143 cm³/mol. The number of likely N-dealkylation sites (tertiary alicyclic amines) is 1. The molecule has 1 saturated heterocycles. The number of ether oxygens (including phenoxy) is 1. The van der Waals surface area contributed by atoms with Gasteiger partial charge in [-0.15, -0.1) is 0 Å². The number of amides is 3. The third-order valence-corrected chi connectivity index (χ3v) is 8.24. The van der Waals surface area contributed by atoms with E-state index >= 15 is 4.39 Å². The Hall–Kier alpha value is -2.35. The summed E-state index contributed by atoms with van der Waals surface area (Å²) >= 11 is 0. The molecule has 3 rings (SSSR count). The Bertz CT molecular complexity index is 836. The van der Waals surface area contributed by atoms with Gasteiger partial charge in [0.2, 0.25) is 0 Å². The van der Waals surface area contributed by atoms with Gasteiger partial charge in [0.1, 0.15) is 5.67 Å². The van der Waals surface area contributed by atoms with Gasteiger partial charge >= 0.3 is 12.1 Å². The Morgan fingerprint density at radius 1 is 1.16 bits per heavy atom. The number of urea groups is 1. The van der Waals surface area contributed by atoms with E-state index in [0.717, 1.165) is 38.5 Å². The van der Waals surface area contributed by atoms with Crippen molar-refractivity contribution in [2.24, 2.45) is 11.8 Å². The molecule has 1 aliphatic carbocycles. The Balaban J connectivity index is 1.69. The molecule has 3 atom stereocenters. The molecule has 1 heterocycles. The van der Waals surface area contributed by atoms with E-state index in [1.807, 2.05) is 30.3 Å². The zero-order valence-electron chi connectivity index (χ0n) is 22.7. The largest absolute Gasteiger partial charge is 0.465 e. The lowest BCUT2D eigenvalue weighted by Crippen LogP contribution is -2.54. The van der Waals surface area contributed by atoms with Gasteiger partial charge in [0.15, 0.2) is 0 Å². The average Bonchev–Trinajstić information content (AvgIpc) is 2.92. The van der Waals surface area contributed by atoms with Crippen molar-refractivity contribution in [2.45, 2.75) is 82.3 Å². The Morgan fingerprint density at radius 2 is 1.89 bits per heavy atom. The van der Waals surface area contributed by atoms with Crippen molar-refractivity contribution in [1.82, 2.24) is 15.1 Å². The molecule has 2 fully saturated rings. The third kappa shape index (κ3) is 8.59. The number of alkyl halides is 1. The molecule has 0 aromatic heterocycles. The number of unbranched alkanes of at least 4 members (excludes halogenated alkanes) is 1. The molecule has 3 amide bonds. The monoisotopic (exact) mass is 519 g/mol. The van der Waals surface area contributed by atoms with Crippen LogP contribution in [0.4, 0.5) is 14.0 Å². The summed E-state index contributed by atoms with van der Waals surface area (Å²) in [6.45, 7) is 1.80. The summed E-state index contributed by atoms with van der Waals surface area (Å²) in [6, 6.07) is 8.90. The summed E-state index contributed by atoms with van der Waals surface area (Å²) in [5, 5.41) is 12.5. The molecule has 1 aliphatic heterocycles. The molecule has 1 saturated carbocycles. The number of hydrogen-bond acceptors (Lipinski definition) is 3. The van der Waals surface area contributed by atoms with Crippen LogP contribution in [-0.4, -0.2) is 73.5 Å². The number of carbonyl (C=O) groups is 2. The van der Waals surface area contributed by atoms with Crippen LogP contribution >= 0.6 is 0 Å². The van der Waals surface area contributed by atoms with Crippen molar-refractivity contribution < 1.29 is 23.8 Å². The van der Waals surface area contributed by atoms with Crippen LogP contribution in [0.3, 0.4) is 0 Å². The van der Waals surface area contributed by atoms with Gasteiger partial charge in [-0.05, 0) is 50.0 Å². The molecule has 0 bridgehead atoms. The van der Waals surface area contributed by atoms with Gasteiger partial charge in [-0.25, -0.2) is 14.0 Å². The lowest BCUT2D eigenvalue weighted by atomic mass is 9.75. The summed E-state index contributed by atoms with van der Waals surface area (Å²) in [7, 11) is 3.20. The maximum absolute atomic E-state index is 16.8. The molecule has 8 heteroatoms. The molecule has 1 aromatic carbocycles. The first-order valence-corrected chi connectivity index (χ1v) is 14.1. The minimum absolute atomic E-state index is 0.209. The number of carbonyl (C=O) groups excluding carboxylic acids is 1. The molecular weight excluding hydrogens is 473 g/mol. The first-order chi connectivity index (χ1) is 17.8. The van der Waals surface area contributed by atoms with Crippen molar-refractivity contribution >= 4 is 12.1 Å². The van der Waals surface area contributed by atoms with Crippen LogP contribution in [0.5, 0.6) is 0 Å². The molecule has 1 unspecified atom stereocenters. The van der Waals surface area contributed by atoms with E-state index in [-0.39, 0.29) is 24.5 Å². The highest BCUT2D eigenvalue weighted by Crippen LogP contribution is 2.43. The smallest absolute Gasteiger partial charge is 0.407 e. The zero-order valence-corrected chi connectivity index (χ0v) is 22.7. The number of nitrogens with zero attached hydrogens (tertiary/aromatic N) is 2. The lowest BCUT2D eigenvalue weighted by molar-refractivity contribution is 0.0206. The standard InChI is InChI=1S/C29H46FN3O4/c1-32(28(35)36)22-26(20-23-12-5-3-6-13-23)31-27(34)33-18-11-16-25(21-33)29(30,17-9-10-19-37-2)24-14-7-4-8-15-24/h4,7-8,14-15,23,25-26H,3,5-6,9-13,16-22H2,1-2H3,(H,31,34)(H,35,36)/t25-,26+,29?/m1/s1. The van der Waals surface area contributed by atoms with E-state index in [9.17, 15) is 14.7 Å². The molecule has 2 N–H and O–H groups in total. The number of piperidine rings is 1. The van der Waals surface area contributed by atoms with Gasteiger partial charge in [0, 0.05) is 52.4 Å². The summed E-state index contributed by atoms with van der Waals surface area (Å²) < 4.78 is 22.0. The highest BCUT2D eigenvalue weighted by atomic mass is 19.1. The van der Waals surface area contributed by atoms with Crippen molar-refractivity contribution in [2.75, 3.05) is 40.4 Å². The second-order valence-corrected chi connectivity index (χ2v) is 11.0. The van der Waals surface area contributed by atoms with Gasteiger partial charge in [-0.2, -0.15) is 0 Å².